The number of aryl methyl sites for hydroxylation is 2. The minimum absolute atomic E-state index is 0.272. The number of nitrogens with one attached hydrogen (secondary N) is 1. The Hall–Kier alpha value is -2.96. The number of carbonyl (C=O) groups is 1. The molecule has 118 valence electrons. The van der Waals surface area contributed by atoms with Crippen molar-refractivity contribution in [2.75, 3.05) is 5.32 Å². The van der Waals surface area contributed by atoms with Gasteiger partial charge in [0.2, 0.25) is 5.82 Å². The van der Waals surface area contributed by atoms with Crippen molar-refractivity contribution < 1.29 is 4.79 Å². The SMILES string of the molecule is CCn1cnnc1C(=O)Nc1ccc(-n2cnc(C)c2C)cc1. The topological polar surface area (TPSA) is 77.6 Å². The summed E-state index contributed by atoms with van der Waals surface area (Å²) in [4.78, 5) is 16.5. The van der Waals surface area contributed by atoms with E-state index in [1.807, 2.05) is 49.6 Å². The normalized spacial score (nSPS) is 10.7. The fourth-order valence-electron chi connectivity index (χ4n) is 2.31. The van der Waals surface area contributed by atoms with Crippen LogP contribution in [0.1, 0.15) is 28.9 Å². The molecule has 0 aliphatic carbocycles. The van der Waals surface area contributed by atoms with E-state index in [9.17, 15) is 4.79 Å². The summed E-state index contributed by atoms with van der Waals surface area (Å²) in [5, 5.41) is 10.4. The van der Waals surface area contributed by atoms with E-state index >= 15 is 0 Å². The molecule has 0 fully saturated rings. The molecule has 0 radical (unpaired) electrons. The van der Waals surface area contributed by atoms with Crippen molar-refractivity contribution >= 4 is 11.6 Å². The van der Waals surface area contributed by atoms with Crippen LogP contribution in [0.15, 0.2) is 36.9 Å². The monoisotopic (exact) mass is 310 g/mol. The van der Waals surface area contributed by atoms with Gasteiger partial charge in [0.1, 0.15) is 6.33 Å². The summed E-state index contributed by atoms with van der Waals surface area (Å²) in [6, 6.07) is 7.59. The Labute approximate surface area is 134 Å². The average Bonchev–Trinajstić information content (AvgIpc) is 3.16. The van der Waals surface area contributed by atoms with Crippen LogP contribution in [-0.4, -0.2) is 30.2 Å². The van der Waals surface area contributed by atoms with Crippen molar-refractivity contribution in [1.29, 1.82) is 0 Å². The molecular weight excluding hydrogens is 292 g/mol. The summed E-state index contributed by atoms with van der Waals surface area (Å²) in [6.45, 7) is 6.58. The Balaban J connectivity index is 1.78. The Kier molecular flexibility index (Phi) is 3.92. The summed E-state index contributed by atoms with van der Waals surface area (Å²) in [7, 11) is 0. The van der Waals surface area contributed by atoms with Crippen LogP contribution < -0.4 is 5.32 Å². The first-order valence-corrected chi connectivity index (χ1v) is 7.40. The molecule has 7 heteroatoms. The molecule has 0 saturated carbocycles. The standard InChI is InChI=1S/C16H18N6O/c1-4-21-10-18-20-15(21)16(23)19-13-5-7-14(8-6-13)22-9-17-11(2)12(22)3/h5-10H,4H2,1-3H3,(H,19,23). The second-order valence-electron chi connectivity index (χ2n) is 5.23. The van der Waals surface area contributed by atoms with Gasteiger partial charge in [0.15, 0.2) is 0 Å². The molecule has 2 heterocycles. The number of amides is 1. The van der Waals surface area contributed by atoms with E-state index in [2.05, 4.69) is 20.5 Å². The lowest BCUT2D eigenvalue weighted by Crippen LogP contribution is -2.17. The molecule has 0 aliphatic rings. The molecule has 23 heavy (non-hydrogen) atoms. The van der Waals surface area contributed by atoms with Gasteiger partial charge in [-0.3, -0.25) is 4.79 Å². The van der Waals surface area contributed by atoms with Gasteiger partial charge in [-0.05, 0) is 45.0 Å². The van der Waals surface area contributed by atoms with Crippen LogP contribution in [0.4, 0.5) is 5.69 Å². The second-order valence-corrected chi connectivity index (χ2v) is 5.23. The Morgan fingerprint density at radius 2 is 1.91 bits per heavy atom. The first-order valence-electron chi connectivity index (χ1n) is 7.40. The van der Waals surface area contributed by atoms with Gasteiger partial charge in [-0.1, -0.05) is 0 Å². The third kappa shape index (κ3) is 2.85. The van der Waals surface area contributed by atoms with Crippen molar-refractivity contribution in [3.8, 4) is 5.69 Å². The van der Waals surface area contributed by atoms with Crippen molar-refractivity contribution in [1.82, 2.24) is 24.3 Å². The number of rotatable bonds is 4. The molecule has 0 saturated heterocycles. The maximum atomic E-state index is 12.2. The zero-order valence-corrected chi connectivity index (χ0v) is 13.3. The molecular formula is C16H18N6O. The Morgan fingerprint density at radius 1 is 1.17 bits per heavy atom. The van der Waals surface area contributed by atoms with Gasteiger partial charge >= 0.3 is 0 Å². The number of imidazole rings is 1. The van der Waals surface area contributed by atoms with Crippen LogP contribution in [0.25, 0.3) is 5.69 Å². The molecule has 1 aromatic carbocycles. The van der Waals surface area contributed by atoms with E-state index in [0.717, 1.165) is 17.1 Å². The summed E-state index contributed by atoms with van der Waals surface area (Å²) in [5.74, 6) is 0.0319. The molecule has 0 aliphatic heterocycles. The Bertz CT molecular complexity index is 831. The highest BCUT2D eigenvalue weighted by molar-refractivity contribution is 6.01. The fraction of sp³-hybridized carbons (Fsp3) is 0.250. The van der Waals surface area contributed by atoms with Gasteiger partial charge in [-0.25, -0.2) is 4.98 Å². The van der Waals surface area contributed by atoms with Crippen LogP contribution in [0.2, 0.25) is 0 Å². The molecule has 1 N–H and O–H groups in total. The molecule has 3 aromatic rings. The van der Waals surface area contributed by atoms with E-state index in [-0.39, 0.29) is 5.91 Å². The van der Waals surface area contributed by atoms with Gasteiger partial charge in [0.05, 0.1) is 12.0 Å². The van der Waals surface area contributed by atoms with Gasteiger partial charge in [-0.15, -0.1) is 10.2 Å². The number of nitrogens with zero attached hydrogens (tertiary/aromatic N) is 5. The lowest BCUT2D eigenvalue weighted by atomic mass is 10.2. The number of carbonyl (C=O) groups excluding carboxylic acids is 1. The minimum Gasteiger partial charge on any atom is -0.319 e. The number of hydrogen-bond acceptors (Lipinski definition) is 4. The smallest absolute Gasteiger partial charge is 0.293 e. The maximum Gasteiger partial charge on any atom is 0.293 e. The Morgan fingerprint density at radius 3 is 2.52 bits per heavy atom. The van der Waals surface area contributed by atoms with E-state index in [1.54, 1.807) is 17.2 Å². The van der Waals surface area contributed by atoms with Crippen LogP contribution in [0, 0.1) is 13.8 Å². The molecule has 3 rings (SSSR count). The number of anilines is 1. The second kappa shape index (κ2) is 6.04. The molecule has 0 spiro atoms. The van der Waals surface area contributed by atoms with E-state index < -0.39 is 0 Å². The zero-order chi connectivity index (χ0) is 16.4. The van der Waals surface area contributed by atoms with Crippen molar-refractivity contribution in [2.45, 2.75) is 27.3 Å². The van der Waals surface area contributed by atoms with Gasteiger partial charge in [0, 0.05) is 23.6 Å². The van der Waals surface area contributed by atoms with E-state index in [1.165, 1.54) is 0 Å². The van der Waals surface area contributed by atoms with Crippen molar-refractivity contribution in [2.24, 2.45) is 0 Å². The van der Waals surface area contributed by atoms with Gasteiger partial charge in [-0.2, -0.15) is 0 Å². The number of hydrogen-bond donors (Lipinski definition) is 1. The highest BCUT2D eigenvalue weighted by Crippen LogP contribution is 2.17. The average molecular weight is 310 g/mol. The van der Waals surface area contributed by atoms with E-state index in [0.29, 0.717) is 18.1 Å². The predicted octanol–water partition coefficient (Wildman–Crippen LogP) is 2.35. The molecule has 0 atom stereocenters. The summed E-state index contributed by atoms with van der Waals surface area (Å²) in [6.07, 6.45) is 3.34. The number of benzene rings is 1. The maximum absolute atomic E-state index is 12.2. The van der Waals surface area contributed by atoms with E-state index in [4.69, 9.17) is 0 Å². The highest BCUT2D eigenvalue weighted by Gasteiger charge is 2.13. The van der Waals surface area contributed by atoms with Crippen molar-refractivity contribution in [3.63, 3.8) is 0 Å². The molecule has 2 aromatic heterocycles. The summed E-state index contributed by atoms with van der Waals surface area (Å²) >= 11 is 0. The largest absolute Gasteiger partial charge is 0.319 e. The van der Waals surface area contributed by atoms with Gasteiger partial charge < -0.3 is 14.5 Å². The predicted molar refractivity (Wildman–Crippen MR) is 86.7 cm³/mol. The van der Waals surface area contributed by atoms with Crippen LogP contribution in [-0.2, 0) is 6.54 Å². The fourth-order valence-corrected chi connectivity index (χ4v) is 2.31. The third-order valence-electron chi connectivity index (χ3n) is 3.81. The van der Waals surface area contributed by atoms with Crippen LogP contribution in [0.5, 0.6) is 0 Å². The first-order chi connectivity index (χ1) is 11.1. The summed E-state index contributed by atoms with van der Waals surface area (Å²) < 4.78 is 3.70. The lowest BCUT2D eigenvalue weighted by molar-refractivity contribution is 0.101. The molecule has 0 unspecified atom stereocenters. The molecule has 7 nitrogen and oxygen atoms in total. The van der Waals surface area contributed by atoms with Crippen LogP contribution >= 0.6 is 0 Å². The lowest BCUT2D eigenvalue weighted by Gasteiger charge is -2.08. The van der Waals surface area contributed by atoms with Crippen molar-refractivity contribution in [3.05, 3.63) is 54.1 Å². The van der Waals surface area contributed by atoms with Gasteiger partial charge in [0.25, 0.3) is 5.91 Å². The first kappa shape index (κ1) is 15.0. The number of aromatic nitrogens is 5. The minimum atomic E-state index is -0.272. The zero-order valence-electron chi connectivity index (χ0n) is 13.3. The third-order valence-corrected chi connectivity index (χ3v) is 3.81. The molecule has 1 amide bonds. The summed E-state index contributed by atoms with van der Waals surface area (Å²) in [5.41, 5.74) is 3.80. The van der Waals surface area contributed by atoms with Crippen LogP contribution in [0.3, 0.4) is 0 Å². The molecule has 0 bridgehead atoms. The quantitative estimate of drug-likeness (QED) is 0.802. The highest BCUT2D eigenvalue weighted by atomic mass is 16.2.